The number of phenolic OH excluding ortho intramolecular Hbond substituents is 1. The maximum Gasteiger partial charge on any atom is 0.344 e. The summed E-state index contributed by atoms with van der Waals surface area (Å²) in [7, 11) is 2.54. The van der Waals surface area contributed by atoms with Crippen LogP contribution in [-0.2, 0) is 4.74 Å². The van der Waals surface area contributed by atoms with Crippen molar-refractivity contribution in [3.8, 4) is 23.0 Å². The smallest absolute Gasteiger partial charge is 0.344 e. The van der Waals surface area contributed by atoms with Gasteiger partial charge in [0.15, 0.2) is 22.7 Å². The lowest BCUT2D eigenvalue weighted by Gasteiger charge is -2.20. The Morgan fingerprint density at radius 1 is 0.909 bits per heavy atom. The molecule has 1 fully saturated rings. The van der Waals surface area contributed by atoms with Crippen LogP contribution >= 0.6 is 0 Å². The molecular formula is C21H18O12. The first kappa shape index (κ1) is 21.3. The Balaban J connectivity index is 1.84. The molecule has 0 aliphatic carbocycles. The summed E-state index contributed by atoms with van der Waals surface area (Å²) in [6.45, 7) is -0.578. The Hall–Kier alpha value is -3.58. The maximum atomic E-state index is 12.9. The molecule has 4 aromatic rings. The maximum absolute atomic E-state index is 12.9. The summed E-state index contributed by atoms with van der Waals surface area (Å²) in [5.41, 5.74) is -2.24. The van der Waals surface area contributed by atoms with Crippen LogP contribution in [0.5, 0.6) is 23.0 Å². The number of hydrogen-bond acceptors (Lipinski definition) is 12. The minimum atomic E-state index is -1.55. The summed E-state index contributed by atoms with van der Waals surface area (Å²) in [6.07, 6.45) is -5.55. The van der Waals surface area contributed by atoms with E-state index in [0.717, 1.165) is 0 Å². The van der Waals surface area contributed by atoms with Gasteiger partial charge in [-0.2, -0.15) is 0 Å². The first-order chi connectivity index (χ1) is 15.8. The zero-order valence-electron chi connectivity index (χ0n) is 17.2. The van der Waals surface area contributed by atoms with Crippen LogP contribution in [0.15, 0.2) is 30.6 Å². The molecule has 0 bridgehead atoms. The van der Waals surface area contributed by atoms with Crippen molar-refractivity contribution >= 4 is 32.7 Å². The SMILES string of the molecule is COc1cc2c(=O)oc3c(O[C@H]4O[C@H](CO)[C@H](O)[C@@H]4O)c(OC)cc4c(=O)oc(c1O)c2c34. The molecule has 12 heteroatoms. The highest BCUT2D eigenvalue weighted by atomic mass is 16.7. The van der Waals surface area contributed by atoms with Crippen LogP contribution in [-0.4, -0.2) is 65.9 Å². The fourth-order valence-electron chi connectivity index (χ4n) is 4.05. The lowest BCUT2D eigenvalue weighted by molar-refractivity contribution is -0.116. The van der Waals surface area contributed by atoms with Gasteiger partial charge in [0.1, 0.15) is 18.3 Å². The molecule has 2 aromatic carbocycles. The number of methoxy groups -OCH3 is 2. The van der Waals surface area contributed by atoms with Crippen molar-refractivity contribution in [3.63, 3.8) is 0 Å². The number of aliphatic hydroxyl groups excluding tert-OH is 3. The largest absolute Gasteiger partial charge is 0.502 e. The molecule has 12 nitrogen and oxygen atoms in total. The van der Waals surface area contributed by atoms with Crippen molar-refractivity contribution in [2.24, 2.45) is 0 Å². The Bertz CT molecular complexity index is 1480. The molecule has 2 aromatic heterocycles. The fraction of sp³-hybridized carbons (Fsp3) is 0.333. The summed E-state index contributed by atoms with van der Waals surface area (Å²) in [5.74, 6) is -0.855. The van der Waals surface area contributed by atoms with Crippen molar-refractivity contribution in [1.29, 1.82) is 0 Å². The fourth-order valence-corrected chi connectivity index (χ4v) is 4.05. The van der Waals surface area contributed by atoms with Gasteiger partial charge in [0, 0.05) is 10.8 Å². The van der Waals surface area contributed by atoms with Gasteiger partial charge in [0.05, 0.1) is 31.6 Å². The van der Waals surface area contributed by atoms with Crippen LogP contribution in [0, 0.1) is 0 Å². The molecule has 1 saturated heterocycles. The number of aliphatic hydroxyl groups is 3. The van der Waals surface area contributed by atoms with E-state index < -0.39 is 48.2 Å². The van der Waals surface area contributed by atoms with Gasteiger partial charge in [-0.3, -0.25) is 0 Å². The van der Waals surface area contributed by atoms with Gasteiger partial charge < -0.3 is 48.2 Å². The summed E-state index contributed by atoms with van der Waals surface area (Å²) in [5, 5.41) is 40.2. The molecule has 1 aliphatic rings. The van der Waals surface area contributed by atoms with Gasteiger partial charge >= 0.3 is 11.3 Å². The van der Waals surface area contributed by atoms with Crippen molar-refractivity contribution in [2.75, 3.05) is 20.8 Å². The first-order valence-corrected chi connectivity index (χ1v) is 9.73. The van der Waals surface area contributed by atoms with Gasteiger partial charge in [0.25, 0.3) is 0 Å². The van der Waals surface area contributed by atoms with Crippen molar-refractivity contribution in [2.45, 2.75) is 24.6 Å². The van der Waals surface area contributed by atoms with Crippen LogP contribution in [0.25, 0.3) is 32.7 Å². The van der Waals surface area contributed by atoms with E-state index in [0.29, 0.717) is 0 Å². The minimum absolute atomic E-state index is 0.0232. The Labute approximate surface area is 183 Å². The van der Waals surface area contributed by atoms with Gasteiger partial charge in [-0.15, -0.1) is 0 Å². The molecule has 5 rings (SSSR count). The topological polar surface area (TPSA) is 178 Å². The molecule has 3 heterocycles. The molecule has 33 heavy (non-hydrogen) atoms. The summed E-state index contributed by atoms with van der Waals surface area (Å²) in [4.78, 5) is 25.6. The predicted molar refractivity (Wildman–Crippen MR) is 110 cm³/mol. The molecule has 0 saturated carbocycles. The third kappa shape index (κ3) is 2.92. The molecule has 0 spiro atoms. The summed E-state index contributed by atoms with van der Waals surface area (Å²) < 4.78 is 32.2. The lowest BCUT2D eigenvalue weighted by atomic mass is 10.0. The van der Waals surface area contributed by atoms with E-state index in [1.54, 1.807) is 0 Å². The Morgan fingerprint density at radius 3 is 2.06 bits per heavy atom. The zero-order chi connectivity index (χ0) is 23.6. The monoisotopic (exact) mass is 462 g/mol. The van der Waals surface area contributed by atoms with Crippen LogP contribution in [0.3, 0.4) is 0 Å². The van der Waals surface area contributed by atoms with Gasteiger partial charge in [0.2, 0.25) is 17.8 Å². The quantitative estimate of drug-likeness (QED) is 0.231. The average Bonchev–Trinajstić information content (AvgIpc) is 3.08. The molecule has 0 unspecified atom stereocenters. The average molecular weight is 462 g/mol. The Morgan fingerprint density at radius 2 is 1.48 bits per heavy atom. The van der Waals surface area contributed by atoms with Crippen LogP contribution in [0.2, 0.25) is 0 Å². The predicted octanol–water partition coefficient (Wildman–Crippen LogP) is 0.0310. The normalized spacial score (nSPS) is 23.1. The van der Waals surface area contributed by atoms with Crippen molar-refractivity contribution < 1.29 is 48.2 Å². The minimum Gasteiger partial charge on any atom is -0.502 e. The number of rotatable bonds is 5. The lowest BCUT2D eigenvalue weighted by Crippen LogP contribution is -2.35. The second-order valence-corrected chi connectivity index (χ2v) is 7.44. The summed E-state index contributed by atoms with van der Waals surface area (Å²) >= 11 is 0. The van der Waals surface area contributed by atoms with Gasteiger partial charge in [-0.25, -0.2) is 9.59 Å². The van der Waals surface area contributed by atoms with Crippen LogP contribution in [0.1, 0.15) is 0 Å². The number of phenols is 1. The van der Waals surface area contributed by atoms with E-state index >= 15 is 0 Å². The van der Waals surface area contributed by atoms with E-state index in [1.165, 1.54) is 26.4 Å². The molecule has 174 valence electrons. The Kier molecular flexibility index (Phi) is 4.83. The molecule has 1 aliphatic heterocycles. The van der Waals surface area contributed by atoms with Crippen molar-refractivity contribution in [1.82, 2.24) is 0 Å². The second kappa shape index (κ2) is 7.49. The third-order valence-electron chi connectivity index (χ3n) is 5.67. The molecule has 0 amide bonds. The number of aromatic hydroxyl groups is 1. The van der Waals surface area contributed by atoms with Crippen molar-refractivity contribution in [3.05, 3.63) is 33.0 Å². The summed E-state index contributed by atoms with van der Waals surface area (Å²) in [6, 6.07) is 2.53. The highest BCUT2D eigenvalue weighted by Gasteiger charge is 2.44. The number of hydrogen-bond donors (Lipinski definition) is 4. The van der Waals surface area contributed by atoms with Crippen LogP contribution < -0.4 is 25.5 Å². The second-order valence-electron chi connectivity index (χ2n) is 7.44. The molecular weight excluding hydrogens is 444 g/mol. The standard InChI is InChI=1S/C21H18O12/c1-28-8-3-6-11-12-7(19(26)31-17(11)14(8)24)4-9(29-2)16(18(12)32-20(6)27)33-21-15(25)13(23)10(5-22)30-21/h3-4,10,13,15,21-25H,5H2,1-2H3/t10-,13+,15+,21-/m1/s1. The molecule has 0 radical (unpaired) electrons. The van der Waals surface area contributed by atoms with E-state index in [-0.39, 0.29) is 50.0 Å². The number of ether oxygens (including phenoxy) is 4. The third-order valence-corrected chi connectivity index (χ3v) is 5.67. The molecule has 4 N–H and O–H groups in total. The van der Waals surface area contributed by atoms with Crippen LogP contribution in [0.4, 0.5) is 0 Å². The van der Waals surface area contributed by atoms with E-state index in [2.05, 4.69) is 0 Å². The zero-order valence-corrected chi connectivity index (χ0v) is 17.2. The van der Waals surface area contributed by atoms with E-state index in [9.17, 15) is 30.0 Å². The molecule has 4 atom stereocenters. The first-order valence-electron chi connectivity index (χ1n) is 9.73. The van der Waals surface area contributed by atoms with E-state index in [4.69, 9.17) is 27.8 Å². The van der Waals surface area contributed by atoms with E-state index in [1.807, 2.05) is 0 Å². The number of benzene rings is 2. The highest BCUT2D eigenvalue weighted by Crippen LogP contribution is 2.46. The highest BCUT2D eigenvalue weighted by molar-refractivity contribution is 6.22. The van der Waals surface area contributed by atoms with Gasteiger partial charge in [-0.1, -0.05) is 0 Å². The van der Waals surface area contributed by atoms with Gasteiger partial charge in [-0.05, 0) is 12.1 Å².